The molecule has 0 aliphatic carbocycles. The number of anilines is 1. The molecule has 2 aliphatic heterocycles. The maximum absolute atomic E-state index is 11.9. The van der Waals surface area contributed by atoms with E-state index in [1.807, 2.05) is 17.0 Å². The molecule has 2 amide bonds. The molecule has 2 unspecified atom stereocenters. The van der Waals surface area contributed by atoms with Crippen molar-refractivity contribution in [3.05, 3.63) is 29.8 Å². The molecule has 0 radical (unpaired) electrons. The lowest BCUT2D eigenvalue weighted by atomic mass is 9.99. The molecule has 2 atom stereocenters. The van der Waals surface area contributed by atoms with Crippen LogP contribution in [0.25, 0.3) is 0 Å². The molecule has 1 aromatic carbocycles. The number of benzene rings is 1. The van der Waals surface area contributed by atoms with E-state index in [9.17, 15) is 9.59 Å². The number of rotatable bonds is 3. The predicted molar refractivity (Wildman–Crippen MR) is 89.0 cm³/mol. The van der Waals surface area contributed by atoms with Crippen LogP contribution >= 0.6 is 0 Å². The summed E-state index contributed by atoms with van der Waals surface area (Å²) >= 11 is 0. The molecule has 2 saturated heterocycles. The fourth-order valence-electron chi connectivity index (χ4n) is 3.51. The van der Waals surface area contributed by atoms with Gasteiger partial charge in [0.2, 0.25) is 11.8 Å². The van der Waals surface area contributed by atoms with Crippen molar-refractivity contribution in [3.8, 4) is 0 Å². The summed E-state index contributed by atoms with van der Waals surface area (Å²) in [5.41, 5.74) is 7.97. The number of hydrogen-bond acceptors (Lipinski definition) is 5. The van der Waals surface area contributed by atoms with Crippen LogP contribution in [0.5, 0.6) is 0 Å². The first-order valence-electron chi connectivity index (χ1n) is 8.04. The van der Waals surface area contributed by atoms with Gasteiger partial charge < -0.3 is 10.6 Å². The molecular weight excluding hydrogens is 292 g/mol. The largest absolute Gasteiger partial charge is 0.353 e. The van der Waals surface area contributed by atoms with Gasteiger partial charge in [-0.25, -0.2) is 0 Å². The first kappa shape index (κ1) is 16.0. The average molecular weight is 316 g/mol. The topological polar surface area (TPSA) is 69.9 Å². The minimum atomic E-state index is -0.159. The van der Waals surface area contributed by atoms with Gasteiger partial charge in [-0.2, -0.15) is 0 Å². The third kappa shape index (κ3) is 3.09. The van der Waals surface area contributed by atoms with Gasteiger partial charge in [-0.3, -0.25) is 19.4 Å². The Hall–Kier alpha value is -1.92. The number of amides is 2. The number of hydrogen-bond donors (Lipinski definition) is 1. The zero-order chi connectivity index (χ0) is 16.6. The van der Waals surface area contributed by atoms with Crippen LogP contribution in [0.15, 0.2) is 24.3 Å². The molecule has 6 heteroatoms. The van der Waals surface area contributed by atoms with Crippen molar-refractivity contribution >= 4 is 17.5 Å². The highest BCUT2D eigenvalue weighted by Crippen LogP contribution is 2.35. The summed E-state index contributed by atoms with van der Waals surface area (Å²) in [5, 5.41) is 0. The van der Waals surface area contributed by atoms with Gasteiger partial charge in [-0.15, -0.1) is 0 Å². The van der Waals surface area contributed by atoms with Crippen molar-refractivity contribution in [1.82, 2.24) is 9.80 Å². The maximum Gasteiger partial charge on any atom is 0.248 e. The summed E-state index contributed by atoms with van der Waals surface area (Å²) in [4.78, 5) is 29.2. The Kier molecular flexibility index (Phi) is 4.37. The van der Waals surface area contributed by atoms with Crippen molar-refractivity contribution in [2.24, 2.45) is 11.7 Å². The minimum absolute atomic E-state index is 0.159. The number of likely N-dealkylation sites (tertiary alicyclic amines) is 1. The summed E-state index contributed by atoms with van der Waals surface area (Å²) < 4.78 is 0. The minimum Gasteiger partial charge on any atom is -0.353 e. The van der Waals surface area contributed by atoms with E-state index in [-0.39, 0.29) is 24.9 Å². The third-order valence-corrected chi connectivity index (χ3v) is 4.99. The van der Waals surface area contributed by atoms with Crippen LogP contribution in [-0.2, 0) is 9.59 Å². The van der Waals surface area contributed by atoms with Gasteiger partial charge in [0.1, 0.15) is 0 Å². The third-order valence-electron chi connectivity index (χ3n) is 4.99. The van der Waals surface area contributed by atoms with E-state index in [1.54, 1.807) is 7.05 Å². The zero-order valence-corrected chi connectivity index (χ0v) is 13.7. The Morgan fingerprint density at radius 1 is 1.17 bits per heavy atom. The zero-order valence-electron chi connectivity index (χ0n) is 13.7. The van der Waals surface area contributed by atoms with Gasteiger partial charge in [0, 0.05) is 25.3 Å². The highest BCUT2D eigenvalue weighted by Gasteiger charge is 2.31. The summed E-state index contributed by atoms with van der Waals surface area (Å²) in [6, 6.07) is 8.53. The van der Waals surface area contributed by atoms with E-state index in [0.717, 1.165) is 18.7 Å². The fraction of sp³-hybridized carbons (Fsp3) is 0.529. The van der Waals surface area contributed by atoms with Crippen molar-refractivity contribution < 1.29 is 9.59 Å². The Bertz CT molecular complexity index is 600. The molecule has 1 aromatic rings. The average Bonchev–Trinajstić information content (AvgIpc) is 2.93. The van der Waals surface area contributed by atoms with Crippen molar-refractivity contribution in [2.45, 2.75) is 12.5 Å². The molecule has 3 rings (SSSR count). The van der Waals surface area contributed by atoms with E-state index >= 15 is 0 Å². The number of likely N-dealkylation sites (N-methyl/N-ethyl adjacent to an activating group) is 1. The van der Waals surface area contributed by atoms with Crippen LogP contribution in [0.4, 0.5) is 5.69 Å². The number of carbonyl (C=O) groups excluding carboxylic acids is 2. The van der Waals surface area contributed by atoms with E-state index in [0.29, 0.717) is 18.5 Å². The van der Waals surface area contributed by atoms with E-state index < -0.39 is 0 Å². The van der Waals surface area contributed by atoms with Crippen LogP contribution in [-0.4, -0.2) is 61.9 Å². The SMILES string of the molecule is CN1C(=O)CN(c2cccc(C3CC(CN)CN3C)c2)CC1=O. The number of nitrogens with two attached hydrogens (primary N) is 1. The van der Waals surface area contributed by atoms with Crippen LogP contribution in [0.1, 0.15) is 18.0 Å². The summed E-state index contributed by atoms with van der Waals surface area (Å²) in [5.74, 6) is 0.209. The summed E-state index contributed by atoms with van der Waals surface area (Å²) in [6.07, 6.45) is 1.05. The molecule has 2 heterocycles. The number of carbonyl (C=O) groups is 2. The molecule has 0 spiro atoms. The summed E-state index contributed by atoms with van der Waals surface area (Å²) in [6.45, 7) is 2.22. The standard InChI is InChI=1S/C17H24N4O2/c1-19-9-12(8-18)6-15(19)13-4-3-5-14(7-13)21-10-16(22)20(2)17(23)11-21/h3-5,7,12,15H,6,8-11,18H2,1-2H3. The van der Waals surface area contributed by atoms with Gasteiger partial charge in [0.15, 0.2) is 0 Å². The van der Waals surface area contributed by atoms with Crippen molar-refractivity contribution in [3.63, 3.8) is 0 Å². The Balaban J connectivity index is 1.80. The lowest BCUT2D eigenvalue weighted by molar-refractivity contribution is -0.143. The molecule has 6 nitrogen and oxygen atoms in total. The van der Waals surface area contributed by atoms with E-state index in [2.05, 4.69) is 24.1 Å². The lowest BCUT2D eigenvalue weighted by Gasteiger charge is -2.32. The van der Waals surface area contributed by atoms with Crippen LogP contribution in [0, 0.1) is 5.92 Å². The highest BCUT2D eigenvalue weighted by molar-refractivity contribution is 6.02. The van der Waals surface area contributed by atoms with E-state index in [1.165, 1.54) is 10.5 Å². The van der Waals surface area contributed by atoms with E-state index in [4.69, 9.17) is 5.73 Å². The van der Waals surface area contributed by atoms with Crippen LogP contribution in [0.3, 0.4) is 0 Å². The second kappa shape index (κ2) is 6.29. The van der Waals surface area contributed by atoms with Crippen molar-refractivity contribution in [2.75, 3.05) is 45.2 Å². The molecule has 23 heavy (non-hydrogen) atoms. The Labute approximate surface area is 136 Å². The van der Waals surface area contributed by atoms with Gasteiger partial charge in [-0.05, 0) is 43.6 Å². The normalized spacial score (nSPS) is 26.2. The first-order chi connectivity index (χ1) is 11.0. The molecule has 2 aliphatic rings. The molecule has 0 bridgehead atoms. The monoisotopic (exact) mass is 316 g/mol. The molecule has 0 aromatic heterocycles. The quantitative estimate of drug-likeness (QED) is 0.820. The highest BCUT2D eigenvalue weighted by atomic mass is 16.2. The fourth-order valence-corrected chi connectivity index (χ4v) is 3.51. The molecule has 2 fully saturated rings. The smallest absolute Gasteiger partial charge is 0.248 e. The van der Waals surface area contributed by atoms with Gasteiger partial charge in [-0.1, -0.05) is 12.1 Å². The van der Waals surface area contributed by atoms with Gasteiger partial charge >= 0.3 is 0 Å². The van der Waals surface area contributed by atoms with Gasteiger partial charge in [0.25, 0.3) is 0 Å². The lowest BCUT2D eigenvalue weighted by Crippen LogP contribution is -2.52. The molecule has 2 N–H and O–H groups in total. The Morgan fingerprint density at radius 3 is 2.48 bits per heavy atom. The maximum atomic E-state index is 11.9. The number of piperazine rings is 1. The number of nitrogens with zero attached hydrogens (tertiary/aromatic N) is 3. The molecular formula is C17H24N4O2. The number of imide groups is 1. The Morgan fingerprint density at radius 2 is 1.87 bits per heavy atom. The second-order valence-electron chi connectivity index (χ2n) is 6.59. The molecule has 124 valence electrons. The predicted octanol–water partition coefficient (Wildman–Crippen LogP) is 0.443. The van der Waals surface area contributed by atoms with Gasteiger partial charge in [0.05, 0.1) is 13.1 Å². The van der Waals surface area contributed by atoms with Crippen LogP contribution in [0.2, 0.25) is 0 Å². The van der Waals surface area contributed by atoms with Crippen molar-refractivity contribution in [1.29, 1.82) is 0 Å². The first-order valence-corrected chi connectivity index (χ1v) is 8.04. The summed E-state index contributed by atoms with van der Waals surface area (Å²) in [7, 11) is 3.66. The van der Waals surface area contributed by atoms with Crippen LogP contribution < -0.4 is 10.6 Å². The second-order valence-corrected chi connectivity index (χ2v) is 6.59. The molecule has 0 saturated carbocycles.